The highest BCUT2D eigenvalue weighted by atomic mass is 16.5. The van der Waals surface area contributed by atoms with Crippen LogP contribution >= 0.6 is 0 Å². The van der Waals surface area contributed by atoms with Gasteiger partial charge in [0.15, 0.2) is 0 Å². The number of hydrogen-bond donors (Lipinski definition) is 11. The van der Waals surface area contributed by atoms with E-state index in [4.69, 9.17) is 56.8 Å². The molecule has 11 N–H and O–H groups in total. The third-order valence-electron chi connectivity index (χ3n) is 12.4. The van der Waals surface area contributed by atoms with Crippen LogP contribution in [0.2, 0.25) is 0 Å². The van der Waals surface area contributed by atoms with Gasteiger partial charge in [-0.3, -0.25) is 57.5 Å². The molecule has 0 aliphatic carbocycles. The summed E-state index contributed by atoms with van der Waals surface area (Å²) in [5.41, 5.74) is -5.89. The zero-order chi connectivity index (χ0) is 69.3. The van der Waals surface area contributed by atoms with Gasteiger partial charge in [0.25, 0.3) is 0 Å². The second-order valence-electron chi connectivity index (χ2n) is 22.1. The maximum atomic E-state index is 13.8. The fraction of sp³-hybridized carbons (Fsp3) is 0.789. The summed E-state index contributed by atoms with van der Waals surface area (Å²) in [6, 6.07) is 0. The van der Waals surface area contributed by atoms with E-state index in [1.54, 1.807) is 0 Å². The molecule has 0 fully saturated rings. The molecule has 530 valence electrons. The highest BCUT2D eigenvalue weighted by Crippen LogP contribution is 2.29. The molecule has 0 saturated carbocycles. The average molecular weight is 1330 g/mol. The number of rotatable bonds is 65. The summed E-state index contributed by atoms with van der Waals surface area (Å²) in [4.78, 5) is 143. The van der Waals surface area contributed by atoms with E-state index >= 15 is 0 Å². The molecular formula is C57H95N3O32. The molecule has 0 heterocycles. The van der Waals surface area contributed by atoms with Crippen LogP contribution in [-0.2, 0) is 114 Å². The van der Waals surface area contributed by atoms with Crippen molar-refractivity contribution in [2.45, 2.75) is 121 Å². The molecule has 0 rings (SSSR count). The van der Waals surface area contributed by atoms with Crippen molar-refractivity contribution < 1.29 is 155 Å². The summed E-state index contributed by atoms with van der Waals surface area (Å²) < 4.78 is 68.9. The van der Waals surface area contributed by atoms with E-state index in [0.717, 1.165) is 0 Å². The second kappa shape index (κ2) is 49.9. The third-order valence-corrected chi connectivity index (χ3v) is 12.4. The summed E-state index contributed by atoms with van der Waals surface area (Å²) >= 11 is 0. The topological polar surface area (TPSA) is 514 Å². The van der Waals surface area contributed by atoms with Gasteiger partial charge in [0, 0.05) is 31.1 Å². The number of ether oxygens (including phenoxy) is 12. The Bertz CT molecular complexity index is 1830. The minimum Gasteiger partial charge on any atom is -0.481 e. The summed E-state index contributed by atoms with van der Waals surface area (Å²) in [5.74, 6) is -11.9. The Kier molecular flexibility index (Phi) is 46.3. The van der Waals surface area contributed by atoms with Crippen molar-refractivity contribution in [1.82, 2.24) is 16.0 Å². The molecule has 92 heavy (non-hydrogen) atoms. The Balaban J connectivity index is 7.08. The minimum absolute atomic E-state index is 0.00497. The van der Waals surface area contributed by atoms with Gasteiger partial charge in [-0.2, -0.15) is 0 Å². The van der Waals surface area contributed by atoms with E-state index in [-0.39, 0.29) is 163 Å². The Hall–Kier alpha value is -6.64. The molecule has 35 nitrogen and oxygen atoms in total. The maximum absolute atomic E-state index is 13.8. The minimum atomic E-state index is -1.61. The highest BCUT2D eigenvalue weighted by molar-refractivity contribution is 5.78. The number of ketones is 1. The predicted molar refractivity (Wildman–Crippen MR) is 312 cm³/mol. The number of carboxylic acid groups (broad SMARTS) is 8. The third kappa shape index (κ3) is 47.3. The second-order valence-corrected chi connectivity index (χ2v) is 22.1. The van der Waals surface area contributed by atoms with E-state index in [2.05, 4.69) is 16.0 Å². The smallest absolute Gasteiger partial charge is 0.305 e. The van der Waals surface area contributed by atoms with Crippen LogP contribution in [-0.4, -0.2) is 287 Å². The lowest BCUT2D eigenvalue weighted by atomic mass is 9.82. The first kappa shape index (κ1) is 85.4. The lowest BCUT2D eigenvalue weighted by molar-refractivity contribution is -0.142. The van der Waals surface area contributed by atoms with E-state index in [1.807, 2.05) is 13.8 Å². The molecule has 35 heteroatoms. The molecule has 0 spiro atoms. The number of nitrogens with one attached hydrogen (secondary N) is 3. The van der Waals surface area contributed by atoms with Gasteiger partial charge in [-0.1, -0.05) is 13.8 Å². The van der Waals surface area contributed by atoms with Crippen molar-refractivity contribution in [3.8, 4) is 0 Å². The van der Waals surface area contributed by atoms with Crippen LogP contribution in [0.4, 0.5) is 0 Å². The van der Waals surface area contributed by atoms with Crippen molar-refractivity contribution in [3.05, 3.63) is 0 Å². The van der Waals surface area contributed by atoms with Gasteiger partial charge in [-0.05, 0) is 19.3 Å². The van der Waals surface area contributed by atoms with Crippen LogP contribution in [0.15, 0.2) is 0 Å². The molecule has 0 unspecified atom stereocenters. The SMILES string of the molecule is CC(=O)CCOCC(COCCC(=O)O)(COCCC(=O)O)NC(=O)CCOCC(COCCC(=O)NC(COCCC(=O)O)(COCCC(=O)O)COCCC(=O)O)(COCCC(=O)NC(COCCC(=O)O)(COCCC(=O)O)COCCC(=O)O)CC(C)C. The van der Waals surface area contributed by atoms with Crippen molar-refractivity contribution in [2.75, 3.05) is 159 Å². The summed E-state index contributed by atoms with van der Waals surface area (Å²) in [7, 11) is 0. The van der Waals surface area contributed by atoms with Crippen LogP contribution in [0.3, 0.4) is 0 Å². The van der Waals surface area contributed by atoms with Gasteiger partial charge in [0.2, 0.25) is 17.7 Å². The summed E-state index contributed by atoms with van der Waals surface area (Å²) in [6.07, 6.45) is -4.22. The molecule has 0 aliphatic heterocycles. The van der Waals surface area contributed by atoms with Crippen LogP contribution in [0, 0.1) is 11.3 Å². The summed E-state index contributed by atoms with van der Waals surface area (Å²) in [5, 5.41) is 81.8. The fourth-order valence-electron chi connectivity index (χ4n) is 8.20. The van der Waals surface area contributed by atoms with Gasteiger partial charge in [-0.15, -0.1) is 0 Å². The molecule has 0 aromatic carbocycles. The molecular weight excluding hydrogens is 1240 g/mol. The average Bonchev–Trinajstić information content (AvgIpc) is 1.18. The van der Waals surface area contributed by atoms with Crippen LogP contribution in [0.5, 0.6) is 0 Å². The lowest BCUT2D eigenvalue weighted by Gasteiger charge is -2.36. The Morgan fingerprint density at radius 2 is 0.435 bits per heavy atom. The zero-order valence-corrected chi connectivity index (χ0v) is 52.6. The molecule has 0 radical (unpaired) electrons. The van der Waals surface area contributed by atoms with Crippen LogP contribution in [0.1, 0.15) is 104 Å². The van der Waals surface area contributed by atoms with E-state index in [0.29, 0.717) is 0 Å². The highest BCUT2D eigenvalue weighted by Gasteiger charge is 2.38. The van der Waals surface area contributed by atoms with Gasteiger partial charge in [0.05, 0.1) is 210 Å². The number of carboxylic acids is 8. The zero-order valence-electron chi connectivity index (χ0n) is 52.6. The Morgan fingerprint density at radius 3 is 0.598 bits per heavy atom. The molecule has 3 amide bonds. The first-order valence-corrected chi connectivity index (χ1v) is 29.6. The predicted octanol–water partition coefficient (Wildman–Crippen LogP) is -0.270. The first-order chi connectivity index (χ1) is 43.5. The monoisotopic (exact) mass is 1330 g/mol. The normalized spacial score (nSPS) is 11.9. The van der Waals surface area contributed by atoms with Crippen molar-refractivity contribution in [2.24, 2.45) is 11.3 Å². The van der Waals surface area contributed by atoms with Gasteiger partial charge in [-0.25, -0.2) is 0 Å². The molecule has 0 atom stereocenters. The van der Waals surface area contributed by atoms with E-state index in [9.17, 15) is 98.4 Å². The fourth-order valence-corrected chi connectivity index (χ4v) is 8.20. The van der Waals surface area contributed by atoms with Crippen molar-refractivity contribution in [1.29, 1.82) is 0 Å². The molecule has 0 saturated heterocycles. The van der Waals surface area contributed by atoms with Crippen LogP contribution < -0.4 is 16.0 Å². The quantitative estimate of drug-likeness (QED) is 0.0349. The van der Waals surface area contributed by atoms with Crippen molar-refractivity contribution in [3.63, 3.8) is 0 Å². The van der Waals surface area contributed by atoms with Crippen molar-refractivity contribution >= 4 is 71.3 Å². The number of carbonyl (C=O) groups excluding carboxylic acids is 4. The molecule has 0 aromatic rings. The first-order valence-electron chi connectivity index (χ1n) is 29.6. The van der Waals surface area contributed by atoms with Gasteiger partial charge >= 0.3 is 47.8 Å². The van der Waals surface area contributed by atoms with Crippen LogP contribution in [0.25, 0.3) is 0 Å². The van der Waals surface area contributed by atoms with E-state index in [1.165, 1.54) is 6.92 Å². The van der Waals surface area contributed by atoms with Gasteiger partial charge < -0.3 is 114 Å². The molecule has 0 aromatic heterocycles. The number of carbonyl (C=O) groups is 12. The molecule has 0 aliphatic rings. The van der Waals surface area contributed by atoms with E-state index < -0.39 is 179 Å². The summed E-state index contributed by atoms with van der Waals surface area (Å²) in [6.45, 7) is -2.63. The number of Topliss-reactive ketones (excluding diaryl/α,β-unsaturated/α-hetero) is 1. The molecule has 0 bridgehead atoms. The number of amides is 3. The maximum Gasteiger partial charge on any atom is 0.305 e. The Morgan fingerprint density at radius 1 is 0.272 bits per heavy atom. The number of aliphatic carboxylic acids is 8. The number of hydrogen-bond acceptors (Lipinski definition) is 24. The largest absolute Gasteiger partial charge is 0.481 e. The standard InChI is InChI=1S/C57H95N3O32/c1-41(2)28-54(29-81-17-5-43(62)58-55(32-84-16-4-42(3)61,33-85-20-8-46(65)66)34-86-21-9-47(67)68,30-82-18-6-44(63)59-56(35-87-22-10-48(69)70,36-88-23-11-49(71)72)37-89-24-12-50(73)74)31-83-19-7-45(64)60-57(38-90-25-13-51(75)76,39-91-26-14-52(77)78)40-92-27-15-53(79)80/h41H,4-40H2,1-3H3,(H,58,62)(H,59,63)(H,60,64)(H,65,66)(H,67,68)(H,69,70)(H,71,72)(H,73,74)(H,75,76)(H,77,78)(H,79,80). The Labute approximate surface area is 531 Å². The van der Waals surface area contributed by atoms with Gasteiger partial charge in [0.1, 0.15) is 22.4 Å². The lowest BCUT2D eigenvalue weighted by Crippen LogP contribution is -2.59.